The van der Waals surface area contributed by atoms with Crippen LogP contribution in [-0.2, 0) is 0 Å². The minimum atomic E-state index is -0.406. The highest BCUT2D eigenvalue weighted by Crippen LogP contribution is 2.20. The maximum absolute atomic E-state index is 12.2. The van der Waals surface area contributed by atoms with Gasteiger partial charge in [-0.15, -0.1) is 0 Å². The zero-order valence-corrected chi connectivity index (χ0v) is 12.4. The lowest BCUT2D eigenvalue weighted by atomic mass is 10.3. The third-order valence-electron chi connectivity index (χ3n) is 3.47. The average molecular weight is 331 g/mol. The quantitative estimate of drug-likeness (QED) is 0.517. The molecule has 2 aromatic heterocycles. The van der Waals surface area contributed by atoms with Crippen LogP contribution in [0.25, 0.3) is 22.2 Å². The second-order valence-corrected chi connectivity index (χ2v) is 5.27. The van der Waals surface area contributed by atoms with Gasteiger partial charge in [0.05, 0.1) is 5.52 Å². The van der Waals surface area contributed by atoms with E-state index in [0.29, 0.717) is 21.7 Å². The number of hydrogen-bond donors (Lipinski definition) is 2. The van der Waals surface area contributed by atoms with Crippen molar-refractivity contribution in [2.45, 2.75) is 0 Å². The molecule has 0 saturated heterocycles. The Hall–Kier alpha value is -2.90. The number of aromatic hydroxyl groups is 1. The fourth-order valence-corrected chi connectivity index (χ4v) is 2.57. The van der Waals surface area contributed by atoms with Crippen molar-refractivity contribution in [2.75, 3.05) is 0 Å². The van der Waals surface area contributed by atoms with Gasteiger partial charge in [0, 0.05) is 5.02 Å². The Morgan fingerprint density at radius 2 is 1.83 bits per heavy atom. The molecule has 0 atom stereocenters. The Morgan fingerprint density at radius 3 is 2.57 bits per heavy atom. The molecule has 2 aromatic carbocycles. The van der Waals surface area contributed by atoms with Crippen molar-refractivity contribution in [3.8, 4) is 11.6 Å². The molecule has 116 valence electrons. The number of fused-ring (bicyclic) bond motifs is 3. The summed E-state index contributed by atoms with van der Waals surface area (Å²) >= 11 is 5.87. The van der Waals surface area contributed by atoms with Gasteiger partial charge in [0.25, 0.3) is 0 Å². The van der Waals surface area contributed by atoms with Crippen molar-refractivity contribution >= 4 is 28.2 Å². The molecule has 0 bridgehead atoms. The summed E-state index contributed by atoms with van der Waals surface area (Å²) < 4.78 is 2.73. The van der Waals surface area contributed by atoms with Crippen LogP contribution in [0.1, 0.15) is 0 Å². The summed E-state index contributed by atoms with van der Waals surface area (Å²) in [6.07, 6.45) is 0. The number of hydrogen-bond acceptors (Lipinski definition) is 4. The van der Waals surface area contributed by atoms with Gasteiger partial charge in [0.15, 0.2) is 11.2 Å². The number of aromatic amines is 1. The third kappa shape index (κ3) is 2.23. The number of nitrogens with one attached hydrogen (secondary N) is 1. The lowest BCUT2D eigenvalue weighted by molar-refractivity contribution is -0.556. The number of nitrogens with zero attached hydrogens (tertiary/aromatic N) is 3. The van der Waals surface area contributed by atoms with Crippen LogP contribution in [0.5, 0.6) is 5.88 Å². The molecule has 0 unspecified atom stereocenters. The molecule has 3 N–H and O–H groups in total. The van der Waals surface area contributed by atoms with E-state index in [1.807, 2.05) is 18.2 Å². The minimum absolute atomic E-state index is 0. The molecule has 8 heteroatoms. The molecule has 4 rings (SSSR count). The van der Waals surface area contributed by atoms with E-state index in [4.69, 9.17) is 11.6 Å². The molecule has 0 fully saturated rings. The van der Waals surface area contributed by atoms with Gasteiger partial charge in [-0.1, -0.05) is 32.9 Å². The van der Waals surface area contributed by atoms with Crippen LogP contribution in [0.15, 0.2) is 53.3 Å². The van der Waals surface area contributed by atoms with E-state index in [2.05, 4.69) is 10.2 Å². The average Bonchev–Trinajstić information content (AvgIpc) is 2.87. The predicted octanol–water partition coefficient (Wildman–Crippen LogP) is 1.63. The fraction of sp³-hybridized carbons (Fsp3) is 0. The van der Waals surface area contributed by atoms with Crippen LogP contribution >= 0.6 is 11.6 Å². The molecular formula is C15H11ClN4O3. The van der Waals surface area contributed by atoms with Crippen molar-refractivity contribution in [2.24, 2.45) is 0 Å². The zero-order valence-electron chi connectivity index (χ0n) is 11.6. The Morgan fingerprint density at radius 1 is 1.13 bits per heavy atom. The molecule has 0 amide bonds. The van der Waals surface area contributed by atoms with Crippen molar-refractivity contribution < 1.29 is 15.1 Å². The standard InChI is InChI=1S/C15H9ClN4O2.H2O/c16-9-5-7-10(8-6-9)19-15(22)13-14(21)17-11-3-1-2-4-12(11)20(13)18-19;/h1-8H,(H-,17,18,21,22);1H2. The van der Waals surface area contributed by atoms with Gasteiger partial charge in [-0.25, -0.2) is 0 Å². The fourth-order valence-electron chi connectivity index (χ4n) is 2.44. The minimum Gasteiger partial charge on any atom is -0.870 e. The molecule has 0 radical (unpaired) electrons. The predicted molar refractivity (Wildman–Crippen MR) is 83.5 cm³/mol. The molecule has 23 heavy (non-hydrogen) atoms. The lowest BCUT2D eigenvalue weighted by Crippen LogP contribution is -2.32. The van der Waals surface area contributed by atoms with Crippen LogP contribution < -0.4 is 10.1 Å². The van der Waals surface area contributed by atoms with Crippen molar-refractivity contribution in [3.05, 3.63) is 63.9 Å². The molecular weight excluding hydrogens is 320 g/mol. The van der Waals surface area contributed by atoms with Crippen LogP contribution in [0.2, 0.25) is 5.02 Å². The van der Waals surface area contributed by atoms with Gasteiger partial charge in [-0.3, -0.25) is 4.79 Å². The number of para-hydroxylation sites is 2. The zero-order chi connectivity index (χ0) is 15.3. The summed E-state index contributed by atoms with van der Waals surface area (Å²) in [4.78, 5) is 14.9. The highest BCUT2D eigenvalue weighted by atomic mass is 35.5. The van der Waals surface area contributed by atoms with Gasteiger partial charge < -0.3 is 15.6 Å². The molecule has 0 saturated carbocycles. The number of aromatic nitrogens is 4. The largest absolute Gasteiger partial charge is 0.870 e. The van der Waals surface area contributed by atoms with Gasteiger partial charge in [-0.2, -0.15) is 0 Å². The van der Waals surface area contributed by atoms with Gasteiger partial charge in [0.1, 0.15) is 5.21 Å². The van der Waals surface area contributed by atoms with Crippen molar-refractivity contribution in [3.63, 3.8) is 0 Å². The first-order chi connectivity index (χ1) is 10.6. The second kappa shape index (κ2) is 5.38. The summed E-state index contributed by atoms with van der Waals surface area (Å²) in [5.74, 6) is -0.227. The van der Waals surface area contributed by atoms with Crippen molar-refractivity contribution in [1.82, 2.24) is 14.9 Å². The maximum atomic E-state index is 12.2. The van der Waals surface area contributed by atoms with Crippen LogP contribution in [0, 0.1) is 0 Å². The normalized spacial score (nSPS) is 10.8. The number of halogens is 1. The molecule has 0 spiro atoms. The monoisotopic (exact) mass is 330 g/mol. The Labute approximate surface area is 134 Å². The van der Waals surface area contributed by atoms with E-state index < -0.39 is 5.56 Å². The molecule has 0 aliphatic carbocycles. The van der Waals surface area contributed by atoms with E-state index in [9.17, 15) is 9.90 Å². The summed E-state index contributed by atoms with van der Waals surface area (Å²) in [7, 11) is 0. The van der Waals surface area contributed by atoms with Crippen LogP contribution in [0.3, 0.4) is 0 Å². The van der Waals surface area contributed by atoms with E-state index >= 15 is 0 Å². The Balaban J connectivity index is 0.00000156. The highest BCUT2D eigenvalue weighted by Gasteiger charge is 2.26. The number of benzene rings is 2. The van der Waals surface area contributed by atoms with E-state index in [-0.39, 0.29) is 16.9 Å². The van der Waals surface area contributed by atoms with Gasteiger partial charge in [-0.05, 0) is 36.4 Å². The summed E-state index contributed by atoms with van der Waals surface area (Å²) in [5, 5.41) is 15.3. The molecule has 0 aliphatic heterocycles. The molecule has 4 aromatic rings. The summed E-state index contributed by atoms with van der Waals surface area (Å²) in [6, 6.07) is 14.1. The third-order valence-corrected chi connectivity index (χ3v) is 3.72. The van der Waals surface area contributed by atoms with E-state index in [0.717, 1.165) is 0 Å². The highest BCUT2D eigenvalue weighted by molar-refractivity contribution is 6.30. The van der Waals surface area contributed by atoms with Crippen molar-refractivity contribution in [1.29, 1.82) is 0 Å². The first-order valence-corrected chi connectivity index (χ1v) is 6.94. The lowest BCUT2D eigenvalue weighted by Gasteiger charge is -1.93. The summed E-state index contributed by atoms with van der Waals surface area (Å²) in [6.45, 7) is 0. The van der Waals surface area contributed by atoms with E-state index in [1.54, 1.807) is 30.3 Å². The first kappa shape index (κ1) is 15.0. The first-order valence-electron chi connectivity index (χ1n) is 6.56. The molecule has 0 aliphatic rings. The number of H-pyrrole nitrogens is 1. The SMILES string of the molecule is O=c1[nH]c2ccccc2[n+]2nn(-c3ccc(Cl)cc3)c(O)c12.[OH-]. The Kier molecular flexibility index (Phi) is 3.51. The van der Waals surface area contributed by atoms with Gasteiger partial charge in [0.2, 0.25) is 0 Å². The molecule has 2 heterocycles. The van der Waals surface area contributed by atoms with Crippen LogP contribution in [-0.4, -0.2) is 25.5 Å². The molecule has 7 nitrogen and oxygen atoms in total. The maximum Gasteiger partial charge on any atom is 0.365 e. The Bertz CT molecular complexity index is 1070. The number of rotatable bonds is 1. The topological polar surface area (TPSA) is 105 Å². The van der Waals surface area contributed by atoms with Crippen LogP contribution in [0.4, 0.5) is 0 Å². The second-order valence-electron chi connectivity index (χ2n) is 4.83. The summed E-state index contributed by atoms with van der Waals surface area (Å²) in [5.41, 5.74) is 1.63. The van der Waals surface area contributed by atoms with Gasteiger partial charge >= 0.3 is 17.0 Å². The smallest absolute Gasteiger partial charge is 0.365 e. The van der Waals surface area contributed by atoms with E-state index in [1.165, 1.54) is 9.20 Å².